The van der Waals surface area contributed by atoms with Crippen LogP contribution in [0.5, 0.6) is 0 Å². The van der Waals surface area contributed by atoms with E-state index in [1.165, 1.54) is 13.2 Å². The molecule has 1 saturated heterocycles. The van der Waals surface area contributed by atoms with Crippen molar-refractivity contribution < 1.29 is 27.5 Å². The number of rotatable bonds is 9. The molecule has 1 N–H and O–H groups in total. The third-order valence-corrected chi connectivity index (χ3v) is 5.79. The molecule has 1 atom stereocenters. The number of nitrogens with one attached hydrogen (secondary N) is 1. The highest BCUT2D eigenvalue weighted by atomic mass is 19.4. The fraction of sp³-hybridized carbons (Fsp3) is 0.636. The number of amides is 1. The Hall–Kier alpha value is -2.09. The second kappa shape index (κ2) is 11.3. The van der Waals surface area contributed by atoms with Gasteiger partial charge in [0.1, 0.15) is 0 Å². The molecule has 8 heteroatoms. The van der Waals surface area contributed by atoms with Crippen LogP contribution in [0.1, 0.15) is 56.6 Å². The lowest BCUT2D eigenvalue weighted by atomic mass is 9.91. The number of hydrogen-bond acceptors (Lipinski definition) is 4. The average Bonchev–Trinajstić information content (AvgIpc) is 2.74. The lowest BCUT2D eigenvalue weighted by Gasteiger charge is -2.36. The van der Waals surface area contributed by atoms with Crippen molar-refractivity contribution in [3.63, 3.8) is 0 Å². The van der Waals surface area contributed by atoms with Gasteiger partial charge >= 0.3 is 12.1 Å². The highest BCUT2D eigenvalue weighted by Gasteiger charge is 2.30. The summed E-state index contributed by atoms with van der Waals surface area (Å²) >= 11 is 0. The molecule has 168 valence electrons. The lowest BCUT2D eigenvalue weighted by molar-refractivity contribution is -0.141. The third-order valence-electron chi connectivity index (χ3n) is 5.79. The number of alkyl halides is 3. The highest BCUT2D eigenvalue weighted by Crippen LogP contribution is 2.29. The number of hydrogen-bond donors (Lipinski definition) is 1. The zero-order valence-electron chi connectivity index (χ0n) is 17.6. The van der Waals surface area contributed by atoms with E-state index in [1.54, 1.807) is 6.07 Å². The maximum atomic E-state index is 12.8. The van der Waals surface area contributed by atoms with Gasteiger partial charge in [-0.3, -0.25) is 9.59 Å². The molecule has 1 heterocycles. The van der Waals surface area contributed by atoms with Gasteiger partial charge in [0.2, 0.25) is 5.91 Å². The minimum Gasteiger partial charge on any atom is -0.469 e. The molecule has 1 aliphatic heterocycles. The lowest BCUT2D eigenvalue weighted by Crippen LogP contribution is -2.40. The fourth-order valence-electron chi connectivity index (χ4n) is 3.78. The van der Waals surface area contributed by atoms with Gasteiger partial charge in [-0.05, 0) is 69.3 Å². The number of piperidine rings is 1. The third kappa shape index (κ3) is 7.97. The summed E-state index contributed by atoms with van der Waals surface area (Å²) in [5.41, 5.74) is -0.269. The standard InChI is InChI=1S/C22H31F3N2O3/c1-16(6-9-21(29)30-2)27-12-10-17(11-13-27)7-8-20(28)26-15-18-4-3-5-19(14-18)22(23,24)25/h3-5,14,16-17H,6-13,15H2,1-2H3,(H,26,28)/t16-/m1/s1. The van der Waals surface area contributed by atoms with Crippen LogP contribution in [0.25, 0.3) is 0 Å². The number of ether oxygens (including phenoxy) is 1. The number of halogens is 3. The van der Waals surface area contributed by atoms with E-state index in [0.717, 1.165) is 50.9 Å². The van der Waals surface area contributed by atoms with Crippen molar-refractivity contribution in [2.75, 3.05) is 20.2 Å². The van der Waals surface area contributed by atoms with E-state index in [-0.39, 0.29) is 18.4 Å². The van der Waals surface area contributed by atoms with Crippen LogP contribution in [0.4, 0.5) is 13.2 Å². The molecule has 0 unspecified atom stereocenters. The number of methoxy groups -OCH3 is 1. The molecule has 0 spiro atoms. The molecule has 1 fully saturated rings. The zero-order valence-corrected chi connectivity index (χ0v) is 17.6. The molecule has 1 aromatic carbocycles. The summed E-state index contributed by atoms with van der Waals surface area (Å²) in [6, 6.07) is 5.34. The Morgan fingerprint density at radius 2 is 1.93 bits per heavy atom. The Balaban J connectivity index is 1.66. The number of esters is 1. The Bertz CT molecular complexity index is 701. The van der Waals surface area contributed by atoms with Gasteiger partial charge in [-0.25, -0.2) is 0 Å². The van der Waals surface area contributed by atoms with Crippen LogP contribution < -0.4 is 5.32 Å². The molecule has 0 saturated carbocycles. The van der Waals surface area contributed by atoms with Crippen molar-refractivity contribution in [3.05, 3.63) is 35.4 Å². The summed E-state index contributed by atoms with van der Waals surface area (Å²) in [7, 11) is 1.40. The molecule has 1 aromatic rings. The molecule has 0 bridgehead atoms. The number of carbonyl (C=O) groups excluding carboxylic acids is 2. The molecule has 30 heavy (non-hydrogen) atoms. The SMILES string of the molecule is COC(=O)CC[C@@H](C)N1CCC(CCC(=O)NCc2cccc(C(F)(F)F)c2)CC1. The summed E-state index contributed by atoms with van der Waals surface area (Å²) in [4.78, 5) is 25.7. The minimum atomic E-state index is -4.38. The Morgan fingerprint density at radius 1 is 1.23 bits per heavy atom. The maximum Gasteiger partial charge on any atom is 0.416 e. The summed E-state index contributed by atoms with van der Waals surface area (Å²) in [6.45, 7) is 4.10. The molecule has 0 radical (unpaired) electrons. The van der Waals surface area contributed by atoms with E-state index in [9.17, 15) is 22.8 Å². The van der Waals surface area contributed by atoms with Crippen LogP contribution in [0, 0.1) is 5.92 Å². The monoisotopic (exact) mass is 428 g/mol. The van der Waals surface area contributed by atoms with Gasteiger partial charge in [0.05, 0.1) is 12.7 Å². The molecule has 2 rings (SSSR count). The number of benzene rings is 1. The van der Waals surface area contributed by atoms with Crippen molar-refractivity contribution in [2.24, 2.45) is 5.92 Å². The van der Waals surface area contributed by atoms with Gasteiger partial charge in [-0.2, -0.15) is 13.2 Å². The normalized spacial score (nSPS) is 16.8. The number of likely N-dealkylation sites (tertiary alicyclic amines) is 1. The first kappa shape index (κ1) is 24.2. The first-order valence-electron chi connectivity index (χ1n) is 10.4. The average molecular weight is 428 g/mol. The van der Waals surface area contributed by atoms with Crippen LogP contribution in [-0.4, -0.2) is 43.0 Å². The van der Waals surface area contributed by atoms with Crippen molar-refractivity contribution in [3.8, 4) is 0 Å². The second-order valence-corrected chi connectivity index (χ2v) is 7.96. The summed E-state index contributed by atoms with van der Waals surface area (Å²) in [6.07, 6.45) is -0.0299. The Kier molecular flexibility index (Phi) is 9.14. The van der Waals surface area contributed by atoms with E-state index < -0.39 is 11.7 Å². The Labute approximate surface area is 176 Å². The smallest absolute Gasteiger partial charge is 0.416 e. The summed E-state index contributed by atoms with van der Waals surface area (Å²) in [5.74, 6) is 0.141. The van der Waals surface area contributed by atoms with E-state index in [0.29, 0.717) is 30.4 Å². The van der Waals surface area contributed by atoms with Gasteiger partial charge in [-0.15, -0.1) is 0 Å². The first-order valence-corrected chi connectivity index (χ1v) is 10.4. The highest BCUT2D eigenvalue weighted by molar-refractivity contribution is 5.75. The van der Waals surface area contributed by atoms with Crippen LogP contribution >= 0.6 is 0 Å². The van der Waals surface area contributed by atoms with Crippen molar-refractivity contribution in [2.45, 2.75) is 64.2 Å². The Morgan fingerprint density at radius 3 is 2.57 bits per heavy atom. The molecule has 1 aliphatic rings. The molecule has 0 aliphatic carbocycles. The zero-order chi connectivity index (χ0) is 22.1. The van der Waals surface area contributed by atoms with Crippen LogP contribution in [0.2, 0.25) is 0 Å². The van der Waals surface area contributed by atoms with Crippen molar-refractivity contribution in [1.29, 1.82) is 0 Å². The van der Waals surface area contributed by atoms with Crippen LogP contribution in [0.15, 0.2) is 24.3 Å². The number of carbonyl (C=O) groups is 2. The van der Waals surface area contributed by atoms with E-state index >= 15 is 0 Å². The minimum absolute atomic E-state index is 0.0961. The predicted molar refractivity (Wildman–Crippen MR) is 108 cm³/mol. The van der Waals surface area contributed by atoms with Gasteiger partial charge in [0.15, 0.2) is 0 Å². The van der Waals surface area contributed by atoms with Crippen LogP contribution in [-0.2, 0) is 27.0 Å². The van der Waals surface area contributed by atoms with Gasteiger partial charge < -0.3 is 15.0 Å². The van der Waals surface area contributed by atoms with Crippen LogP contribution in [0.3, 0.4) is 0 Å². The van der Waals surface area contributed by atoms with Gasteiger partial charge in [-0.1, -0.05) is 12.1 Å². The number of nitrogens with zero attached hydrogens (tertiary/aromatic N) is 1. The maximum absolute atomic E-state index is 12.8. The molecule has 1 amide bonds. The van der Waals surface area contributed by atoms with Gasteiger partial charge in [0, 0.05) is 25.4 Å². The first-order chi connectivity index (χ1) is 14.2. The molecule has 5 nitrogen and oxygen atoms in total. The topological polar surface area (TPSA) is 58.6 Å². The summed E-state index contributed by atoms with van der Waals surface area (Å²) in [5, 5.41) is 2.72. The van der Waals surface area contributed by atoms with E-state index in [1.807, 2.05) is 0 Å². The predicted octanol–water partition coefficient (Wildman–Crippen LogP) is 4.16. The quantitative estimate of drug-likeness (QED) is 0.600. The second-order valence-electron chi connectivity index (χ2n) is 7.96. The van der Waals surface area contributed by atoms with Gasteiger partial charge in [0.25, 0.3) is 0 Å². The molecular weight excluding hydrogens is 397 g/mol. The fourth-order valence-corrected chi connectivity index (χ4v) is 3.78. The van der Waals surface area contributed by atoms with Crippen molar-refractivity contribution >= 4 is 11.9 Å². The van der Waals surface area contributed by atoms with E-state index in [2.05, 4.69) is 21.9 Å². The molecule has 0 aromatic heterocycles. The molecular formula is C22H31F3N2O3. The van der Waals surface area contributed by atoms with Crippen molar-refractivity contribution in [1.82, 2.24) is 10.2 Å². The van der Waals surface area contributed by atoms with E-state index in [4.69, 9.17) is 0 Å². The summed E-state index contributed by atoms with van der Waals surface area (Å²) < 4.78 is 42.9. The largest absolute Gasteiger partial charge is 0.469 e.